The van der Waals surface area contributed by atoms with E-state index in [1.165, 1.54) is 16.3 Å². The van der Waals surface area contributed by atoms with Crippen LogP contribution >= 0.6 is 31.9 Å². The van der Waals surface area contributed by atoms with Crippen LogP contribution in [0.25, 0.3) is 10.8 Å². The molecule has 0 atom stereocenters. The van der Waals surface area contributed by atoms with Crippen molar-refractivity contribution in [3.05, 3.63) is 44.8 Å². The molecule has 0 aliphatic heterocycles. The highest BCUT2D eigenvalue weighted by Gasteiger charge is 2.03. The summed E-state index contributed by atoms with van der Waals surface area (Å²) in [5.74, 6) is 0. The Morgan fingerprint density at radius 2 is 1.69 bits per heavy atom. The molecule has 2 aromatic rings. The minimum Gasteiger partial charge on any atom is -0.0605 e. The van der Waals surface area contributed by atoms with Crippen LogP contribution in [-0.4, -0.2) is 0 Å². The third-order valence-corrected chi connectivity index (χ3v) is 3.50. The topological polar surface area (TPSA) is 0 Å². The van der Waals surface area contributed by atoms with E-state index in [1.807, 2.05) is 0 Å². The molecule has 0 unspecified atom stereocenters. The lowest BCUT2D eigenvalue weighted by atomic mass is 10.1. The van der Waals surface area contributed by atoms with Crippen LogP contribution in [0.4, 0.5) is 0 Å². The van der Waals surface area contributed by atoms with Crippen molar-refractivity contribution in [2.75, 3.05) is 0 Å². The van der Waals surface area contributed by atoms with Crippen molar-refractivity contribution >= 4 is 42.6 Å². The molecular weight excluding hydrogens is 292 g/mol. The van der Waals surface area contributed by atoms with E-state index in [0.717, 1.165) is 8.95 Å². The average molecular weight is 300 g/mol. The molecule has 0 heterocycles. The van der Waals surface area contributed by atoms with E-state index in [2.05, 4.69) is 69.1 Å². The molecule has 0 radical (unpaired) electrons. The fraction of sp³-hybridized carbons (Fsp3) is 0.0909. The van der Waals surface area contributed by atoms with Crippen LogP contribution in [-0.2, 0) is 0 Å². The zero-order valence-electron chi connectivity index (χ0n) is 7.14. The molecule has 0 spiro atoms. The van der Waals surface area contributed by atoms with Crippen molar-refractivity contribution in [3.8, 4) is 0 Å². The Hall–Kier alpha value is -0.340. The summed E-state index contributed by atoms with van der Waals surface area (Å²) in [7, 11) is 0. The second-order valence-corrected chi connectivity index (χ2v) is 4.74. The summed E-state index contributed by atoms with van der Waals surface area (Å²) in [4.78, 5) is 0. The molecule has 0 bridgehead atoms. The van der Waals surface area contributed by atoms with Gasteiger partial charge in [-0.25, -0.2) is 0 Å². The fourth-order valence-corrected chi connectivity index (χ4v) is 2.64. The molecule has 0 aliphatic rings. The number of aryl methyl sites for hydroxylation is 1. The van der Waals surface area contributed by atoms with Gasteiger partial charge in [0.2, 0.25) is 0 Å². The Labute approximate surface area is 94.2 Å². The van der Waals surface area contributed by atoms with Crippen LogP contribution in [0, 0.1) is 6.92 Å². The molecule has 0 amide bonds. The van der Waals surface area contributed by atoms with Gasteiger partial charge in [-0.1, -0.05) is 50.1 Å². The molecular formula is C11H8Br2. The molecule has 0 aliphatic carbocycles. The first kappa shape index (κ1) is 9.22. The summed E-state index contributed by atoms with van der Waals surface area (Å²) in [6, 6.07) is 10.5. The van der Waals surface area contributed by atoms with E-state index >= 15 is 0 Å². The van der Waals surface area contributed by atoms with Crippen LogP contribution in [0.5, 0.6) is 0 Å². The molecule has 66 valence electrons. The van der Waals surface area contributed by atoms with E-state index in [9.17, 15) is 0 Å². The molecule has 2 aromatic carbocycles. The highest BCUT2D eigenvalue weighted by atomic mass is 79.9. The molecule has 0 N–H and O–H groups in total. The number of benzene rings is 2. The van der Waals surface area contributed by atoms with Gasteiger partial charge in [-0.2, -0.15) is 0 Å². The van der Waals surface area contributed by atoms with Crippen LogP contribution in [0.15, 0.2) is 39.3 Å². The third kappa shape index (κ3) is 1.53. The highest BCUT2D eigenvalue weighted by molar-refractivity contribution is 9.11. The summed E-state index contributed by atoms with van der Waals surface area (Å²) in [5.41, 5.74) is 1.30. The minimum absolute atomic E-state index is 1.15. The maximum absolute atomic E-state index is 3.56. The standard InChI is InChI=1S/C11H8Br2/c1-7-5-6-9(12)8-3-2-4-10(13)11(7)8/h2-6H,1H3. The summed E-state index contributed by atoms with van der Waals surface area (Å²) in [5, 5.41) is 2.55. The van der Waals surface area contributed by atoms with Crippen LogP contribution in [0.1, 0.15) is 5.56 Å². The molecule has 0 saturated carbocycles. The van der Waals surface area contributed by atoms with Gasteiger partial charge >= 0.3 is 0 Å². The lowest BCUT2D eigenvalue weighted by molar-refractivity contribution is 1.51. The van der Waals surface area contributed by atoms with E-state index in [1.54, 1.807) is 0 Å². The third-order valence-electron chi connectivity index (χ3n) is 2.14. The second-order valence-electron chi connectivity index (χ2n) is 3.03. The lowest BCUT2D eigenvalue weighted by Gasteiger charge is -2.05. The summed E-state index contributed by atoms with van der Waals surface area (Å²) in [6.07, 6.45) is 0. The molecule has 0 fully saturated rings. The van der Waals surface area contributed by atoms with E-state index in [0.29, 0.717) is 0 Å². The largest absolute Gasteiger partial charge is 0.0605 e. The van der Waals surface area contributed by atoms with Gasteiger partial charge in [-0.3, -0.25) is 0 Å². The number of hydrogen-bond donors (Lipinski definition) is 0. The van der Waals surface area contributed by atoms with Crippen molar-refractivity contribution in [1.82, 2.24) is 0 Å². The van der Waals surface area contributed by atoms with Gasteiger partial charge in [0, 0.05) is 8.95 Å². The highest BCUT2D eigenvalue weighted by Crippen LogP contribution is 2.31. The first-order valence-electron chi connectivity index (χ1n) is 4.03. The average Bonchev–Trinajstić information content (AvgIpc) is 2.12. The van der Waals surface area contributed by atoms with E-state index in [-0.39, 0.29) is 0 Å². The van der Waals surface area contributed by atoms with E-state index in [4.69, 9.17) is 0 Å². The SMILES string of the molecule is Cc1ccc(Br)c2cccc(Br)c12. The summed E-state index contributed by atoms with van der Waals surface area (Å²) >= 11 is 7.11. The van der Waals surface area contributed by atoms with Gasteiger partial charge < -0.3 is 0 Å². The number of rotatable bonds is 0. The molecule has 0 aromatic heterocycles. The first-order valence-corrected chi connectivity index (χ1v) is 5.62. The smallest absolute Gasteiger partial charge is 0.0256 e. The first-order chi connectivity index (χ1) is 6.20. The zero-order chi connectivity index (χ0) is 9.42. The predicted octanol–water partition coefficient (Wildman–Crippen LogP) is 4.67. The maximum atomic E-state index is 3.56. The Bertz CT molecular complexity index is 453. The van der Waals surface area contributed by atoms with Crippen LogP contribution < -0.4 is 0 Å². The lowest BCUT2D eigenvalue weighted by Crippen LogP contribution is -1.80. The van der Waals surface area contributed by atoms with Crippen molar-refractivity contribution in [1.29, 1.82) is 0 Å². The van der Waals surface area contributed by atoms with Gasteiger partial charge in [0.1, 0.15) is 0 Å². The van der Waals surface area contributed by atoms with Gasteiger partial charge in [0.05, 0.1) is 0 Å². The summed E-state index contributed by atoms with van der Waals surface area (Å²) < 4.78 is 2.30. The molecule has 0 saturated heterocycles. The Morgan fingerprint density at radius 1 is 0.923 bits per heavy atom. The van der Waals surface area contributed by atoms with Gasteiger partial charge in [-0.15, -0.1) is 0 Å². The van der Waals surface area contributed by atoms with Crippen LogP contribution in [0.2, 0.25) is 0 Å². The van der Waals surface area contributed by atoms with E-state index < -0.39 is 0 Å². The second kappa shape index (κ2) is 3.43. The van der Waals surface area contributed by atoms with Gasteiger partial charge in [-0.05, 0) is 35.4 Å². The Morgan fingerprint density at radius 3 is 2.38 bits per heavy atom. The fourth-order valence-electron chi connectivity index (χ4n) is 1.50. The van der Waals surface area contributed by atoms with Crippen molar-refractivity contribution in [2.24, 2.45) is 0 Å². The Kier molecular flexibility index (Phi) is 2.43. The van der Waals surface area contributed by atoms with Gasteiger partial charge in [0.15, 0.2) is 0 Å². The molecule has 2 heteroatoms. The van der Waals surface area contributed by atoms with Crippen molar-refractivity contribution < 1.29 is 0 Å². The van der Waals surface area contributed by atoms with Gasteiger partial charge in [0.25, 0.3) is 0 Å². The Balaban J connectivity index is 3.00. The number of fused-ring (bicyclic) bond motifs is 1. The molecule has 13 heavy (non-hydrogen) atoms. The summed E-state index contributed by atoms with van der Waals surface area (Å²) in [6.45, 7) is 2.12. The zero-order valence-corrected chi connectivity index (χ0v) is 10.3. The quantitative estimate of drug-likeness (QED) is 0.663. The monoisotopic (exact) mass is 298 g/mol. The number of halogens is 2. The normalized spacial score (nSPS) is 10.7. The van der Waals surface area contributed by atoms with Crippen molar-refractivity contribution in [3.63, 3.8) is 0 Å². The van der Waals surface area contributed by atoms with Crippen molar-refractivity contribution in [2.45, 2.75) is 6.92 Å². The predicted molar refractivity (Wildman–Crippen MR) is 64.1 cm³/mol. The minimum atomic E-state index is 1.15. The molecule has 2 rings (SSSR count). The van der Waals surface area contributed by atoms with Crippen LogP contribution in [0.3, 0.4) is 0 Å². The number of hydrogen-bond acceptors (Lipinski definition) is 0. The molecule has 0 nitrogen and oxygen atoms in total. The maximum Gasteiger partial charge on any atom is 0.0256 e.